The molecule has 0 spiro atoms. The zero-order valence-corrected chi connectivity index (χ0v) is 29.4. The third-order valence-corrected chi connectivity index (χ3v) is 10.5. The Bertz CT molecular complexity index is 2470. The summed E-state index contributed by atoms with van der Waals surface area (Å²) in [5, 5.41) is 12.2. The third kappa shape index (κ3) is 7.50. The highest BCUT2D eigenvalue weighted by molar-refractivity contribution is 7.90. The normalized spacial score (nSPS) is 11.8. The van der Waals surface area contributed by atoms with Crippen molar-refractivity contribution in [2.24, 2.45) is 0 Å². The lowest BCUT2D eigenvalue weighted by molar-refractivity contribution is 0.102. The van der Waals surface area contributed by atoms with E-state index < -0.39 is 10.0 Å². The van der Waals surface area contributed by atoms with E-state index in [2.05, 4.69) is 38.0 Å². The van der Waals surface area contributed by atoms with Crippen LogP contribution in [0.2, 0.25) is 0 Å². The number of hydrogen-bond donors (Lipinski definition) is 3. The van der Waals surface area contributed by atoms with Crippen molar-refractivity contribution < 1.29 is 13.2 Å². The molecule has 0 atom stereocenters. The predicted octanol–water partition coefficient (Wildman–Crippen LogP) is 7.47. The number of thiophene rings is 1. The molecular weight excluding hydrogens is 681 g/mol. The quantitative estimate of drug-likeness (QED) is 0.110. The first kappa shape index (κ1) is 33.6. The average molecular weight is 715 g/mol. The maximum absolute atomic E-state index is 13.3. The first-order chi connectivity index (χ1) is 24.7. The Hall–Kier alpha value is -5.89. The van der Waals surface area contributed by atoms with Crippen LogP contribution in [0.25, 0.3) is 32.5 Å². The van der Waals surface area contributed by atoms with Crippen LogP contribution in [0.1, 0.15) is 10.4 Å². The predicted molar refractivity (Wildman–Crippen MR) is 205 cm³/mol. The molecule has 0 bridgehead atoms. The van der Waals surface area contributed by atoms with E-state index in [0.29, 0.717) is 46.2 Å². The number of amides is 1. The van der Waals surface area contributed by atoms with E-state index in [-0.39, 0.29) is 10.8 Å². The molecule has 7 aromatic rings. The molecule has 3 N–H and O–H groups in total. The van der Waals surface area contributed by atoms with E-state index in [1.807, 2.05) is 68.0 Å². The van der Waals surface area contributed by atoms with Gasteiger partial charge in [-0.2, -0.15) is 0 Å². The van der Waals surface area contributed by atoms with Gasteiger partial charge in [-0.25, -0.2) is 27.3 Å². The number of fused-ring (bicyclic) bond motifs is 2. The summed E-state index contributed by atoms with van der Waals surface area (Å²) < 4.78 is 28.7. The first-order valence-electron chi connectivity index (χ1n) is 16.1. The summed E-state index contributed by atoms with van der Waals surface area (Å²) in [5.74, 6) is 0.138. The van der Waals surface area contributed by atoms with Gasteiger partial charge < -0.3 is 20.9 Å². The van der Waals surface area contributed by atoms with Crippen LogP contribution in [-0.4, -0.2) is 65.3 Å². The van der Waals surface area contributed by atoms with E-state index >= 15 is 0 Å². The fraction of sp³-hybridized carbons (Fsp3) is 0.105. The van der Waals surface area contributed by atoms with Crippen molar-refractivity contribution in [1.29, 1.82) is 0 Å². The molecule has 0 aliphatic heterocycles. The summed E-state index contributed by atoms with van der Waals surface area (Å²) >= 11 is 1.51. The lowest BCUT2D eigenvalue weighted by Crippen LogP contribution is -2.12. The number of aromatic nitrogens is 4. The van der Waals surface area contributed by atoms with Gasteiger partial charge in [-0.05, 0) is 92.3 Å². The molecule has 13 heteroatoms. The standard InChI is InChI=1S/C38H34N8O3S2/c1-45(2)20-7-6-19-39-29-15-13-26(14-16-29)37(47)41-30-9-8-10-31(24-30)42-38-43-33-18-22-50-35(33)34(44-38)28-23-27-17-21-46(36(27)40-25-28)51(48,49)32-11-4-3-5-12-32/h3-18,21-25,39H,19-20H2,1-2H3,(H,41,47)(H,42,43,44)/b7-6+. The Morgan fingerprint density at radius 1 is 0.882 bits per heavy atom. The minimum atomic E-state index is -3.81. The lowest BCUT2D eigenvalue weighted by atomic mass is 10.1. The number of nitrogens with one attached hydrogen (secondary N) is 3. The van der Waals surface area contributed by atoms with Crippen molar-refractivity contribution in [3.05, 3.63) is 133 Å². The number of likely N-dealkylation sites (N-methyl/N-ethyl adjacent to an activating group) is 1. The number of rotatable bonds is 12. The minimum absolute atomic E-state index is 0.186. The van der Waals surface area contributed by atoms with Crippen LogP contribution in [0.3, 0.4) is 0 Å². The molecule has 11 nitrogen and oxygen atoms in total. The summed E-state index contributed by atoms with van der Waals surface area (Å²) in [6, 6.07) is 28.5. The van der Waals surface area contributed by atoms with Crippen LogP contribution in [0.15, 0.2) is 132 Å². The van der Waals surface area contributed by atoms with E-state index in [4.69, 9.17) is 9.97 Å². The van der Waals surface area contributed by atoms with Gasteiger partial charge in [-0.1, -0.05) is 36.4 Å². The van der Waals surface area contributed by atoms with Crippen LogP contribution in [-0.2, 0) is 10.0 Å². The Kier molecular flexibility index (Phi) is 9.57. The maximum atomic E-state index is 13.3. The molecular formula is C38H34N8O3S2. The van der Waals surface area contributed by atoms with Gasteiger partial charge in [-0.3, -0.25) is 4.79 Å². The maximum Gasteiger partial charge on any atom is 0.269 e. The molecule has 0 aliphatic rings. The molecule has 7 rings (SSSR count). The molecule has 0 aliphatic carbocycles. The van der Waals surface area contributed by atoms with E-state index in [0.717, 1.165) is 28.0 Å². The molecule has 256 valence electrons. The summed E-state index contributed by atoms with van der Waals surface area (Å²) in [6.45, 7) is 1.58. The van der Waals surface area contributed by atoms with Gasteiger partial charge in [-0.15, -0.1) is 11.3 Å². The van der Waals surface area contributed by atoms with Gasteiger partial charge in [0.25, 0.3) is 15.9 Å². The summed E-state index contributed by atoms with van der Waals surface area (Å²) in [7, 11) is 0.236. The van der Waals surface area contributed by atoms with Crippen molar-refractivity contribution in [3.8, 4) is 11.3 Å². The molecule has 51 heavy (non-hydrogen) atoms. The highest BCUT2D eigenvalue weighted by atomic mass is 32.2. The number of carbonyl (C=O) groups excluding carboxylic acids is 1. The largest absolute Gasteiger partial charge is 0.382 e. The number of benzene rings is 3. The van der Waals surface area contributed by atoms with Crippen LogP contribution < -0.4 is 16.0 Å². The van der Waals surface area contributed by atoms with Gasteiger partial charge in [0.2, 0.25) is 5.95 Å². The zero-order valence-electron chi connectivity index (χ0n) is 27.8. The van der Waals surface area contributed by atoms with Crippen LogP contribution in [0.4, 0.5) is 23.0 Å². The second-order valence-corrected chi connectivity index (χ2v) is 14.7. The molecule has 4 heterocycles. The van der Waals surface area contributed by atoms with Gasteiger partial charge in [0, 0.05) is 59.1 Å². The van der Waals surface area contributed by atoms with Crippen molar-refractivity contribution in [1.82, 2.24) is 23.8 Å². The Balaban J connectivity index is 1.08. The van der Waals surface area contributed by atoms with Crippen molar-refractivity contribution >= 4 is 71.5 Å². The Morgan fingerprint density at radius 3 is 2.49 bits per heavy atom. The second-order valence-electron chi connectivity index (χ2n) is 11.9. The van der Waals surface area contributed by atoms with Gasteiger partial charge >= 0.3 is 0 Å². The number of hydrogen-bond acceptors (Lipinski definition) is 10. The summed E-state index contributed by atoms with van der Waals surface area (Å²) in [6.07, 6.45) is 7.32. The van der Waals surface area contributed by atoms with E-state index in [1.54, 1.807) is 54.7 Å². The molecule has 0 fully saturated rings. The molecule has 0 radical (unpaired) electrons. The van der Waals surface area contributed by atoms with Crippen molar-refractivity contribution in [2.45, 2.75) is 4.90 Å². The third-order valence-electron chi connectivity index (χ3n) is 7.96. The molecule has 0 saturated carbocycles. The molecule has 4 aromatic heterocycles. The molecule has 0 saturated heterocycles. The Labute approximate surface area is 299 Å². The highest BCUT2D eigenvalue weighted by Gasteiger charge is 2.20. The minimum Gasteiger partial charge on any atom is -0.382 e. The second kappa shape index (κ2) is 14.5. The van der Waals surface area contributed by atoms with E-state index in [1.165, 1.54) is 21.5 Å². The van der Waals surface area contributed by atoms with Gasteiger partial charge in [0.15, 0.2) is 5.65 Å². The van der Waals surface area contributed by atoms with Crippen LogP contribution in [0.5, 0.6) is 0 Å². The number of carbonyl (C=O) groups is 1. The summed E-state index contributed by atoms with van der Waals surface area (Å²) in [5.41, 5.74) is 5.23. The SMILES string of the molecule is CN(C)C/C=C/CNc1ccc(C(=O)Nc2cccc(Nc3nc(-c4cnc5c(ccn5S(=O)(=O)c5ccccc5)c4)c4sccc4n3)c2)cc1. The number of anilines is 4. The topological polar surface area (TPSA) is 134 Å². The Morgan fingerprint density at radius 2 is 1.69 bits per heavy atom. The number of pyridine rings is 1. The zero-order chi connectivity index (χ0) is 35.4. The monoisotopic (exact) mass is 714 g/mol. The van der Waals surface area contributed by atoms with Crippen LogP contribution >= 0.6 is 11.3 Å². The smallest absolute Gasteiger partial charge is 0.269 e. The van der Waals surface area contributed by atoms with E-state index in [9.17, 15) is 13.2 Å². The summed E-state index contributed by atoms with van der Waals surface area (Å²) in [4.78, 5) is 29.5. The highest BCUT2D eigenvalue weighted by Crippen LogP contribution is 2.34. The van der Waals surface area contributed by atoms with Gasteiger partial charge in [0.05, 0.1) is 20.8 Å². The fourth-order valence-electron chi connectivity index (χ4n) is 5.44. The number of nitrogens with zero attached hydrogens (tertiary/aromatic N) is 5. The molecule has 1 amide bonds. The first-order valence-corrected chi connectivity index (χ1v) is 18.4. The van der Waals surface area contributed by atoms with Crippen molar-refractivity contribution in [3.63, 3.8) is 0 Å². The molecule has 3 aromatic carbocycles. The molecule has 0 unspecified atom stereocenters. The van der Waals surface area contributed by atoms with Crippen LogP contribution in [0, 0.1) is 0 Å². The van der Waals surface area contributed by atoms with Crippen molar-refractivity contribution in [2.75, 3.05) is 43.1 Å². The van der Waals surface area contributed by atoms with Gasteiger partial charge in [0.1, 0.15) is 0 Å². The fourth-order valence-corrected chi connectivity index (χ4v) is 7.61. The average Bonchev–Trinajstić information content (AvgIpc) is 3.79. The lowest BCUT2D eigenvalue weighted by Gasteiger charge is -2.11.